The van der Waals surface area contributed by atoms with Crippen molar-refractivity contribution in [1.82, 2.24) is 4.98 Å². The third kappa shape index (κ3) is 4.57. The Bertz CT molecular complexity index is 1010. The molecule has 136 valence electrons. The summed E-state index contributed by atoms with van der Waals surface area (Å²) in [6.07, 6.45) is 0.930. The van der Waals surface area contributed by atoms with Crippen LogP contribution in [0, 0.1) is 11.3 Å². The number of anilines is 1. The van der Waals surface area contributed by atoms with Crippen LogP contribution in [0.1, 0.15) is 18.1 Å². The van der Waals surface area contributed by atoms with E-state index in [1.54, 1.807) is 31.4 Å². The zero-order valence-corrected chi connectivity index (χ0v) is 16.0. The van der Waals surface area contributed by atoms with Crippen molar-refractivity contribution in [3.63, 3.8) is 0 Å². The summed E-state index contributed by atoms with van der Waals surface area (Å²) >= 11 is 1.26. The topological polar surface area (TPSA) is 75.0 Å². The standard InChI is InChI=1S/C21H19N3O2S/c1-3-14-4-9-19-15(10-14)11-16(12-22)21(24-19)27-13-20(25)23-17-5-7-18(26-2)8-6-17/h4-11H,3,13H2,1-2H3,(H,23,25). The number of carbonyl (C=O) groups excluding carboxylic acids is 1. The minimum absolute atomic E-state index is 0.155. The Labute approximate surface area is 162 Å². The van der Waals surface area contributed by atoms with E-state index >= 15 is 0 Å². The van der Waals surface area contributed by atoms with Crippen molar-refractivity contribution in [2.75, 3.05) is 18.2 Å². The van der Waals surface area contributed by atoms with E-state index in [-0.39, 0.29) is 11.7 Å². The SMILES string of the molecule is CCc1ccc2nc(SCC(=O)Nc3ccc(OC)cc3)c(C#N)cc2c1. The zero-order valence-electron chi connectivity index (χ0n) is 15.2. The number of hydrogen-bond donors (Lipinski definition) is 1. The van der Waals surface area contributed by atoms with E-state index in [9.17, 15) is 10.1 Å². The molecule has 0 fully saturated rings. The Morgan fingerprint density at radius 2 is 2.00 bits per heavy atom. The summed E-state index contributed by atoms with van der Waals surface area (Å²) in [5.41, 5.74) is 3.20. The summed E-state index contributed by atoms with van der Waals surface area (Å²) in [5.74, 6) is 0.747. The first-order chi connectivity index (χ1) is 13.1. The molecule has 0 saturated heterocycles. The molecule has 0 aliphatic heterocycles. The van der Waals surface area contributed by atoms with Crippen LogP contribution in [-0.4, -0.2) is 23.8 Å². The van der Waals surface area contributed by atoms with Crippen molar-refractivity contribution in [3.8, 4) is 11.8 Å². The molecule has 0 radical (unpaired) electrons. The minimum Gasteiger partial charge on any atom is -0.497 e. The summed E-state index contributed by atoms with van der Waals surface area (Å²) in [6.45, 7) is 2.09. The highest BCUT2D eigenvalue weighted by atomic mass is 32.2. The van der Waals surface area contributed by atoms with Gasteiger partial charge in [-0.25, -0.2) is 4.98 Å². The molecule has 1 N–H and O–H groups in total. The second kappa shape index (κ2) is 8.56. The van der Waals surface area contributed by atoms with Crippen LogP contribution >= 0.6 is 11.8 Å². The molecule has 27 heavy (non-hydrogen) atoms. The molecule has 1 heterocycles. The molecule has 0 unspecified atom stereocenters. The lowest BCUT2D eigenvalue weighted by Gasteiger charge is -2.08. The third-order valence-corrected chi connectivity index (χ3v) is 5.08. The predicted molar refractivity (Wildman–Crippen MR) is 108 cm³/mol. The second-order valence-electron chi connectivity index (χ2n) is 5.90. The quantitative estimate of drug-likeness (QED) is 0.644. The van der Waals surface area contributed by atoms with Gasteiger partial charge in [0.15, 0.2) is 0 Å². The van der Waals surface area contributed by atoms with Crippen LogP contribution in [0.4, 0.5) is 5.69 Å². The lowest BCUT2D eigenvalue weighted by molar-refractivity contribution is -0.113. The number of amides is 1. The Balaban J connectivity index is 1.71. The maximum atomic E-state index is 12.2. The van der Waals surface area contributed by atoms with E-state index in [4.69, 9.17) is 4.74 Å². The average Bonchev–Trinajstić information content (AvgIpc) is 2.71. The van der Waals surface area contributed by atoms with Crippen molar-refractivity contribution in [2.45, 2.75) is 18.4 Å². The fourth-order valence-corrected chi connectivity index (χ4v) is 3.39. The van der Waals surface area contributed by atoms with E-state index in [1.165, 1.54) is 17.3 Å². The molecular formula is C21H19N3O2S. The molecule has 1 amide bonds. The summed E-state index contributed by atoms with van der Waals surface area (Å²) in [4.78, 5) is 16.8. The normalized spacial score (nSPS) is 10.4. The van der Waals surface area contributed by atoms with Gasteiger partial charge in [0.25, 0.3) is 0 Å². The smallest absolute Gasteiger partial charge is 0.234 e. The number of pyridine rings is 1. The number of fused-ring (bicyclic) bond motifs is 1. The molecule has 0 saturated carbocycles. The highest BCUT2D eigenvalue weighted by Gasteiger charge is 2.11. The first-order valence-electron chi connectivity index (χ1n) is 8.53. The lowest BCUT2D eigenvalue weighted by atomic mass is 10.1. The van der Waals surface area contributed by atoms with Crippen molar-refractivity contribution >= 4 is 34.3 Å². The zero-order chi connectivity index (χ0) is 19.2. The first kappa shape index (κ1) is 18.7. The number of aryl methyl sites for hydroxylation is 1. The largest absolute Gasteiger partial charge is 0.497 e. The molecular weight excluding hydrogens is 358 g/mol. The lowest BCUT2D eigenvalue weighted by Crippen LogP contribution is -2.14. The summed E-state index contributed by atoms with van der Waals surface area (Å²) in [6, 6.07) is 17.2. The molecule has 0 bridgehead atoms. The number of nitrogens with one attached hydrogen (secondary N) is 1. The minimum atomic E-state index is -0.155. The van der Waals surface area contributed by atoms with Crippen molar-refractivity contribution in [1.29, 1.82) is 5.26 Å². The van der Waals surface area contributed by atoms with Crippen molar-refractivity contribution in [2.24, 2.45) is 0 Å². The van der Waals surface area contributed by atoms with Crippen LogP contribution in [0.5, 0.6) is 5.75 Å². The number of carbonyl (C=O) groups is 1. The van der Waals surface area contributed by atoms with Crippen LogP contribution in [0.3, 0.4) is 0 Å². The van der Waals surface area contributed by atoms with E-state index in [0.717, 1.165) is 23.1 Å². The number of aromatic nitrogens is 1. The fourth-order valence-electron chi connectivity index (χ4n) is 2.62. The summed E-state index contributed by atoms with van der Waals surface area (Å²) < 4.78 is 5.10. The number of rotatable bonds is 6. The molecule has 0 aliphatic rings. The van der Waals surface area contributed by atoms with Crippen LogP contribution in [-0.2, 0) is 11.2 Å². The van der Waals surface area contributed by atoms with Gasteiger partial charge in [-0.2, -0.15) is 5.26 Å². The molecule has 0 atom stereocenters. The Kier molecular flexibility index (Phi) is 5.94. The maximum absolute atomic E-state index is 12.2. The van der Waals surface area contributed by atoms with E-state index in [0.29, 0.717) is 16.3 Å². The molecule has 2 aromatic carbocycles. The van der Waals surface area contributed by atoms with Gasteiger partial charge in [0.2, 0.25) is 5.91 Å². The van der Waals surface area contributed by atoms with Crippen LogP contribution in [0.25, 0.3) is 10.9 Å². The van der Waals surface area contributed by atoms with E-state index in [1.807, 2.05) is 24.3 Å². The molecule has 0 aliphatic carbocycles. The van der Waals surface area contributed by atoms with E-state index in [2.05, 4.69) is 23.3 Å². The molecule has 5 nitrogen and oxygen atoms in total. The highest BCUT2D eigenvalue weighted by Crippen LogP contribution is 2.26. The number of nitrogens with zero attached hydrogens (tertiary/aromatic N) is 2. The molecule has 1 aromatic heterocycles. The summed E-state index contributed by atoms with van der Waals surface area (Å²) in [5, 5.41) is 13.8. The number of hydrogen-bond acceptors (Lipinski definition) is 5. The van der Waals surface area contributed by atoms with Gasteiger partial charge in [0.05, 0.1) is 23.9 Å². The number of nitriles is 1. The number of ether oxygens (including phenoxy) is 1. The monoisotopic (exact) mass is 377 g/mol. The molecule has 3 aromatic rings. The molecule has 6 heteroatoms. The van der Waals surface area contributed by atoms with Crippen LogP contribution in [0.2, 0.25) is 0 Å². The van der Waals surface area contributed by atoms with Gasteiger partial charge in [-0.15, -0.1) is 0 Å². The third-order valence-electron chi connectivity index (χ3n) is 4.09. The van der Waals surface area contributed by atoms with Gasteiger partial charge in [-0.05, 0) is 54.4 Å². The van der Waals surface area contributed by atoms with Gasteiger partial charge in [-0.1, -0.05) is 24.8 Å². The van der Waals surface area contributed by atoms with E-state index < -0.39 is 0 Å². The van der Waals surface area contributed by atoms with Gasteiger partial charge in [0, 0.05) is 11.1 Å². The van der Waals surface area contributed by atoms with Crippen LogP contribution < -0.4 is 10.1 Å². The Morgan fingerprint density at radius 1 is 1.22 bits per heavy atom. The Hall–Kier alpha value is -3.04. The predicted octanol–water partition coefficient (Wildman–Crippen LogP) is 4.41. The average molecular weight is 377 g/mol. The second-order valence-corrected chi connectivity index (χ2v) is 6.86. The van der Waals surface area contributed by atoms with Gasteiger partial charge < -0.3 is 10.1 Å². The summed E-state index contributed by atoms with van der Waals surface area (Å²) in [7, 11) is 1.59. The highest BCUT2D eigenvalue weighted by molar-refractivity contribution is 8.00. The van der Waals surface area contributed by atoms with Crippen LogP contribution in [0.15, 0.2) is 53.6 Å². The van der Waals surface area contributed by atoms with Crippen molar-refractivity contribution in [3.05, 3.63) is 59.7 Å². The number of thioether (sulfide) groups is 1. The molecule has 3 rings (SSSR count). The molecule has 0 spiro atoms. The number of benzene rings is 2. The maximum Gasteiger partial charge on any atom is 0.234 e. The first-order valence-corrected chi connectivity index (χ1v) is 9.52. The van der Waals surface area contributed by atoms with Gasteiger partial charge in [-0.3, -0.25) is 4.79 Å². The van der Waals surface area contributed by atoms with Crippen molar-refractivity contribution < 1.29 is 9.53 Å². The Morgan fingerprint density at radius 3 is 2.67 bits per heavy atom. The number of methoxy groups -OCH3 is 1. The van der Waals surface area contributed by atoms with Gasteiger partial charge >= 0.3 is 0 Å². The fraction of sp³-hybridized carbons (Fsp3) is 0.190. The van der Waals surface area contributed by atoms with Gasteiger partial charge in [0.1, 0.15) is 16.8 Å².